The third-order valence-electron chi connectivity index (χ3n) is 7.16. The summed E-state index contributed by atoms with van der Waals surface area (Å²) in [7, 11) is -3.89. The summed E-state index contributed by atoms with van der Waals surface area (Å²) >= 11 is 6.11. The van der Waals surface area contributed by atoms with Crippen molar-refractivity contribution in [3.8, 4) is 11.5 Å². The smallest absolute Gasteiger partial charge is 0.244 e. The zero-order valence-electron chi connectivity index (χ0n) is 24.0. The van der Waals surface area contributed by atoms with Gasteiger partial charge in [0.2, 0.25) is 28.6 Å². The summed E-state index contributed by atoms with van der Waals surface area (Å²) < 4.78 is 38.5. The number of rotatable bonds is 13. The summed E-state index contributed by atoms with van der Waals surface area (Å²) in [5, 5.41) is 3.56. The van der Waals surface area contributed by atoms with Crippen LogP contribution in [0.2, 0.25) is 5.02 Å². The third kappa shape index (κ3) is 7.74. The van der Waals surface area contributed by atoms with Crippen LogP contribution in [-0.4, -0.2) is 56.3 Å². The Morgan fingerprint density at radius 3 is 2.31 bits per heavy atom. The van der Waals surface area contributed by atoms with Crippen LogP contribution in [0.3, 0.4) is 0 Å². The van der Waals surface area contributed by atoms with Gasteiger partial charge in [0, 0.05) is 30.1 Å². The first-order chi connectivity index (χ1) is 20.1. The first-order valence-electron chi connectivity index (χ1n) is 13.9. The number of hydrogen-bond donors (Lipinski definition) is 1. The zero-order valence-corrected chi connectivity index (χ0v) is 25.5. The van der Waals surface area contributed by atoms with Crippen LogP contribution < -0.4 is 19.1 Å². The molecule has 3 aromatic carbocycles. The molecule has 0 aliphatic carbocycles. The Kier molecular flexibility index (Phi) is 10.3. The topological polar surface area (TPSA) is 105 Å². The summed E-state index contributed by atoms with van der Waals surface area (Å²) in [6, 6.07) is 20.1. The predicted molar refractivity (Wildman–Crippen MR) is 163 cm³/mol. The number of sulfonamides is 1. The quantitative estimate of drug-likeness (QED) is 0.298. The number of carbonyl (C=O) groups is 2. The van der Waals surface area contributed by atoms with Crippen molar-refractivity contribution in [3.05, 3.63) is 88.9 Å². The van der Waals surface area contributed by atoms with Gasteiger partial charge >= 0.3 is 0 Å². The van der Waals surface area contributed by atoms with Crippen molar-refractivity contribution in [2.24, 2.45) is 0 Å². The molecule has 0 unspecified atom stereocenters. The number of fused-ring (bicyclic) bond motifs is 1. The molecular weight excluding hydrogens is 578 g/mol. The number of carbonyl (C=O) groups excluding carboxylic acids is 2. The highest BCUT2D eigenvalue weighted by Crippen LogP contribution is 2.36. The standard InChI is InChI=1S/C31H36ClN3O6S/c1-4-22(3)33-31(37)27(17-23-9-7-6-8-10-23)34(19-24-11-13-25(32)14-12-24)30(36)20-35(42(38,39)5-2)26-15-16-28-29(18-26)41-21-40-28/h6-16,18,22,27H,4-5,17,19-21H2,1-3H3,(H,33,37)/t22-,27-/m1/s1. The Balaban J connectivity index is 1.74. The molecule has 0 radical (unpaired) electrons. The molecule has 1 N–H and O–H groups in total. The van der Waals surface area contributed by atoms with Gasteiger partial charge in [-0.3, -0.25) is 13.9 Å². The van der Waals surface area contributed by atoms with Crippen molar-refractivity contribution >= 4 is 39.1 Å². The molecule has 0 saturated heterocycles. The Morgan fingerprint density at radius 2 is 1.64 bits per heavy atom. The fraction of sp³-hybridized carbons (Fsp3) is 0.355. The third-order valence-corrected chi connectivity index (χ3v) is 9.15. The first-order valence-corrected chi connectivity index (χ1v) is 15.9. The van der Waals surface area contributed by atoms with Crippen molar-refractivity contribution in [1.29, 1.82) is 0 Å². The molecule has 1 aliphatic heterocycles. The molecule has 11 heteroatoms. The molecule has 0 fully saturated rings. The second kappa shape index (κ2) is 13.9. The van der Waals surface area contributed by atoms with Gasteiger partial charge in [0.05, 0.1) is 11.4 Å². The van der Waals surface area contributed by atoms with Gasteiger partial charge in [0.1, 0.15) is 12.6 Å². The highest BCUT2D eigenvalue weighted by atomic mass is 35.5. The number of ether oxygens (including phenoxy) is 2. The van der Waals surface area contributed by atoms with Gasteiger partial charge in [-0.15, -0.1) is 0 Å². The van der Waals surface area contributed by atoms with Crippen LogP contribution >= 0.6 is 11.6 Å². The maximum Gasteiger partial charge on any atom is 0.244 e. The van der Waals surface area contributed by atoms with Crippen molar-refractivity contribution < 1.29 is 27.5 Å². The van der Waals surface area contributed by atoms with Gasteiger partial charge in [0.25, 0.3) is 0 Å². The largest absolute Gasteiger partial charge is 0.454 e. The Bertz CT molecular complexity index is 1480. The van der Waals surface area contributed by atoms with Crippen LogP contribution in [0, 0.1) is 0 Å². The molecule has 224 valence electrons. The van der Waals surface area contributed by atoms with E-state index in [1.54, 1.807) is 42.5 Å². The molecule has 0 bridgehead atoms. The van der Waals surface area contributed by atoms with Crippen molar-refractivity contribution in [2.75, 3.05) is 23.4 Å². The number of hydrogen-bond acceptors (Lipinski definition) is 6. The minimum atomic E-state index is -3.89. The molecule has 3 aromatic rings. The van der Waals surface area contributed by atoms with Crippen molar-refractivity contribution in [3.63, 3.8) is 0 Å². The van der Waals surface area contributed by atoms with Crippen LogP contribution in [0.4, 0.5) is 5.69 Å². The first kappa shape index (κ1) is 31.2. The van der Waals surface area contributed by atoms with E-state index in [4.69, 9.17) is 21.1 Å². The second-order valence-corrected chi connectivity index (χ2v) is 12.7. The highest BCUT2D eigenvalue weighted by molar-refractivity contribution is 7.92. The fourth-order valence-electron chi connectivity index (χ4n) is 4.54. The van der Waals surface area contributed by atoms with Gasteiger partial charge in [0.15, 0.2) is 11.5 Å². The lowest BCUT2D eigenvalue weighted by Gasteiger charge is -2.34. The van der Waals surface area contributed by atoms with Gasteiger partial charge in [-0.05, 0) is 55.7 Å². The fourth-order valence-corrected chi connectivity index (χ4v) is 5.72. The Morgan fingerprint density at radius 1 is 0.952 bits per heavy atom. The lowest BCUT2D eigenvalue weighted by molar-refractivity contribution is -0.140. The number of nitrogens with one attached hydrogen (secondary N) is 1. The van der Waals surface area contributed by atoms with E-state index in [1.165, 1.54) is 11.8 Å². The predicted octanol–water partition coefficient (Wildman–Crippen LogP) is 4.78. The zero-order chi connectivity index (χ0) is 30.3. The number of anilines is 1. The van der Waals surface area contributed by atoms with Gasteiger partial charge in [-0.1, -0.05) is 61.0 Å². The number of amides is 2. The van der Waals surface area contributed by atoms with Gasteiger partial charge in [-0.25, -0.2) is 8.42 Å². The summed E-state index contributed by atoms with van der Waals surface area (Å²) in [6.07, 6.45) is 0.953. The average molecular weight is 614 g/mol. The van der Waals surface area contributed by atoms with Crippen molar-refractivity contribution in [1.82, 2.24) is 10.2 Å². The Labute approximate surface area is 252 Å². The molecule has 9 nitrogen and oxygen atoms in total. The van der Waals surface area contributed by atoms with Crippen LogP contribution in [0.25, 0.3) is 0 Å². The summed E-state index contributed by atoms with van der Waals surface area (Å²) in [5.74, 6) is -0.186. The maximum atomic E-state index is 14.2. The minimum Gasteiger partial charge on any atom is -0.454 e. The Hall–Kier alpha value is -3.76. The van der Waals surface area contributed by atoms with E-state index in [0.29, 0.717) is 22.9 Å². The lowest BCUT2D eigenvalue weighted by Crippen LogP contribution is -2.54. The van der Waals surface area contributed by atoms with E-state index >= 15 is 0 Å². The monoisotopic (exact) mass is 613 g/mol. The van der Waals surface area contributed by atoms with E-state index in [0.717, 1.165) is 15.4 Å². The summed E-state index contributed by atoms with van der Waals surface area (Å²) in [4.78, 5) is 29.5. The molecule has 2 atom stereocenters. The summed E-state index contributed by atoms with van der Waals surface area (Å²) in [5.41, 5.74) is 1.88. The van der Waals surface area contributed by atoms with Gasteiger partial charge in [-0.2, -0.15) is 0 Å². The number of nitrogens with zero attached hydrogens (tertiary/aromatic N) is 2. The number of halogens is 1. The average Bonchev–Trinajstić information content (AvgIpc) is 3.47. The molecule has 0 saturated carbocycles. The molecule has 1 aliphatic rings. The van der Waals surface area contributed by atoms with E-state index in [9.17, 15) is 18.0 Å². The molecule has 0 aromatic heterocycles. The van der Waals surface area contributed by atoms with Crippen LogP contribution in [0.5, 0.6) is 11.5 Å². The summed E-state index contributed by atoms with van der Waals surface area (Å²) in [6.45, 7) is 4.97. The van der Waals surface area contributed by atoms with Crippen molar-refractivity contribution in [2.45, 2.75) is 52.2 Å². The van der Waals surface area contributed by atoms with Crippen LogP contribution in [0.1, 0.15) is 38.3 Å². The minimum absolute atomic E-state index is 0.0274. The maximum absolute atomic E-state index is 14.2. The molecular formula is C31H36ClN3O6S. The van der Waals surface area contributed by atoms with Crippen LogP contribution in [0.15, 0.2) is 72.8 Å². The van der Waals surface area contributed by atoms with Crippen LogP contribution in [-0.2, 0) is 32.6 Å². The second-order valence-electron chi connectivity index (χ2n) is 10.1. The normalized spacial score (nSPS) is 13.7. The van der Waals surface area contributed by atoms with E-state index in [1.807, 2.05) is 44.2 Å². The van der Waals surface area contributed by atoms with E-state index < -0.39 is 28.5 Å². The highest BCUT2D eigenvalue weighted by Gasteiger charge is 2.34. The molecule has 42 heavy (non-hydrogen) atoms. The molecule has 1 heterocycles. The van der Waals surface area contributed by atoms with E-state index in [2.05, 4.69) is 5.32 Å². The SMILES string of the molecule is CC[C@@H](C)NC(=O)[C@@H](Cc1ccccc1)N(Cc1ccc(Cl)cc1)C(=O)CN(c1ccc2c(c1)OCO2)S(=O)(=O)CC. The molecule has 2 amide bonds. The molecule has 0 spiro atoms. The lowest BCUT2D eigenvalue weighted by atomic mass is 10.0. The van der Waals surface area contributed by atoms with Gasteiger partial charge < -0.3 is 19.7 Å². The van der Waals surface area contributed by atoms with E-state index in [-0.39, 0.29) is 43.1 Å². The molecule has 4 rings (SSSR count). The number of benzene rings is 3.